The average molecular weight is 375 g/mol. The van der Waals surface area contributed by atoms with Crippen molar-refractivity contribution < 1.29 is 9.59 Å². The molecule has 0 aliphatic heterocycles. The van der Waals surface area contributed by atoms with Crippen LogP contribution in [-0.2, 0) is 16.1 Å². The first-order valence-corrected chi connectivity index (χ1v) is 9.73. The second-order valence-electron chi connectivity index (χ2n) is 6.17. The number of carbonyl (C=O) groups is 2. The molecular weight excluding hydrogens is 348 g/mol. The molecule has 2 amide bonds. The van der Waals surface area contributed by atoms with Gasteiger partial charge in [-0.2, -0.15) is 0 Å². The van der Waals surface area contributed by atoms with Gasteiger partial charge in [0, 0.05) is 30.5 Å². The molecule has 0 fully saturated rings. The monoisotopic (exact) mass is 374 g/mol. The lowest BCUT2D eigenvalue weighted by Crippen LogP contribution is -2.15. The molecule has 2 rings (SSSR count). The van der Waals surface area contributed by atoms with Crippen molar-refractivity contribution in [1.82, 2.24) is 9.55 Å². The standard InChI is InChI=1S/C19H26N4O2S/c1-5-6-10-23-14(3)13(2)20-19(23)26-12-18(25)22-17-9-7-8-16(11-17)21-15(4)24/h7-9,11H,5-6,10,12H2,1-4H3,(H,21,24)(H,22,25). The van der Waals surface area contributed by atoms with Crippen molar-refractivity contribution in [3.63, 3.8) is 0 Å². The van der Waals surface area contributed by atoms with E-state index in [0.717, 1.165) is 35.9 Å². The predicted molar refractivity (Wildman–Crippen MR) is 107 cm³/mol. The molecule has 0 aliphatic rings. The molecule has 2 aromatic rings. The number of benzene rings is 1. The molecule has 0 radical (unpaired) electrons. The number of amides is 2. The lowest BCUT2D eigenvalue weighted by molar-refractivity contribution is -0.114. The smallest absolute Gasteiger partial charge is 0.234 e. The number of hydrogen-bond acceptors (Lipinski definition) is 4. The van der Waals surface area contributed by atoms with E-state index in [-0.39, 0.29) is 17.6 Å². The summed E-state index contributed by atoms with van der Waals surface area (Å²) in [6.45, 7) is 8.60. The number of hydrogen-bond donors (Lipinski definition) is 2. The van der Waals surface area contributed by atoms with E-state index in [1.165, 1.54) is 18.7 Å². The molecule has 2 N–H and O–H groups in total. The molecular formula is C19H26N4O2S. The Bertz CT molecular complexity index is 786. The minimum Gasteiger partial charge on any atom is -0.326 e. The van der Waals surface area contributed by atoms with Crippen LogP contribution in [0.4, 0.5) is 11.4 Å². The van der Waals surface area contributed by atoms with Crippen LogP contribution in [0.2, 0.25) is 0 Å². The van der Waals surface area contributed by atoms with E-state index in [1.807, 2.05) is 6.92 Å². The number of aryl methyl sites for hydroxylation is 1. The lowest BCUT2D eigenvalue weighted by Gasteiger charge is -2.10. The summed E-state index contributed by atoms with van der Waals surface area (Å²) < 4.78 is 2.19. The summed E-state index contributed by atoms with van der Waals surface area (Å²) in [7, 11) is 0. The fourth-order valence-electron chi connectivity index (χ4n) is 2.52. The number of rotatable bonds is 8. The normalized spacial score (nSPS) is 10.6. The van der Waals surface area contributed by atoms with E-state index in [2.05, 4.69) is 34.0 Å². The first-order valence-electron chi connectivity index (χ1n) is 8.74. The SMILES string of the molecule is CCCCn1c(SCC(=O)Nc2cccc(NC(C)=O)c2)nc(C)c1C. The Kier molecular flexibility index (Phi) is 7.26. The third kappa shape index (κ3) is 5.62. The molecule has 26 heavy (non-hydrogen) atoms. The summed E-state index contributed by atoms with van der Waals surface area (Å²) in [5, 5.41) is 6.45. The summed E-state index contributed by atoms with van der Waals surface area (Å²) in [5.41, 5.74) is 3.48. The maximum atomic E-state index is 12.3. The number of carbonyl (C=O) groups excluding carboxylic acids is 2. The molecule has 0 saturated carbocycles. The first-order chi connectivity index (χ1) is 12.4. The van der Waals surface area contributed by atoms with Gasteiger partial charge in [0.15, 0.2) is 5.16 Å². The van der Waals surface area contributed by atoms with Crippen molar-refractivity contribution >= 4 is 35.0 Å². The second kappa shape index (κ2) is 9.43. The van der Waals surface area contributed by atoms with Gasteiger partial charge < -0.3 is 15.2 Å². The summed E-state index contributed by atoms with van der Waals surface area (Å²) in [4.78, 5) is 28.0. The van der Waals surface area contributed by atoms with Crippen molar-refractivity contribution in [1.29, 1.82) is 0 Å². The van der Waals surface area contributed by atoms with Crippen molar-refractivity contribution in [3.05, 3.63) is 35.7 Å². The maximum Gasteiger partial charge on any atom is 0.234 e. The van der Waals surface area contributed by atoms with Crippen LogP contribution in [0, 0.1) is 13.8 Å². The fraction of sp³-hybridized carbons (Fsp3) is 0.421. The van der Waals surface area contributed by atoms with Gasteiger partial charge in [-0.15, -0.1) is 0 Å². The zero-order valence-electron chi connectivity index (χ0n) is 15.8. The van der Waals surface area contributed by atoms with Gasteiger partial charge in [0.1, 0.15) is 0 Å². The molecule has 0 atom stereocenters. The number of thioether (sulfide) groups is 1. The Morgan fingerprint density at radius 2 is 1.88 bits per heavy atom. The fourth-order valence-corrected chi connectivity index (χ4v) is 3.44. The van der Waals surface area contributed by atoms with Crippen molar-refractivity contribution in [3.8, 4) is 0 Å². The molecule has 1 heterocycles. The minimum absolute atomic E-state index is 0.102. The van der Waals surface area contributed by atoms with Crippen LogP contribution in [0.3, 0.4) is 0 Å². The van der Waals surface area contributed by atoms with Gasteiger partial charge in [-0.25, -0.2) is 4.98 Å². The summed E-state index contributed by atoms with van der Waals surface area (Å²) in [5.74, 6) is 0.0378. The Balaban J connectivity index is 1.97. The largest absolute Gasteiger partial charge is 0.326 e. The molecule has 0 bridgehead atoms. The quantitative estimate of drug-likeness (QED) is 0.685. The highest BCUT2D eigenvalue weighted by molar-refractivity contribution is 7.99. The molecule has 7 heteroatoms. The molecule has 1 aromatic carbocycles. The third-order valence-corrected chi connectivity index (χ3v) is 4.93. The van der Waals surface area contributed by atoms with Crippen LogP contribution in [0.5, 0.6) is 0 Å². The number of nitrogens with zero attached hydrogens (tertiary/aromatic N) is 2. The van der Waals surface area contributed by atoms with Crippen LogP contribution < -0.4 is 10.6 Å². The van der Waals surface area contributed by atoms with Gasteiger partial charge in [-0.3, -0.25) is 9.59 Å². The predicted octanol–water partition coefficient (Wildman–Crippen LogP) is 3.99. The van der Waals surface area contributed by atoms with Crippen LogP contribution in [0.15, 0.2) is 29.4 Å². The van der Waals surface area contributed by atoms with Gasteiger partial charge in [0.25, 0.3) is 0 Å². The number of anilines is 2. The van der Waals surface area contributed by atoms with Crippen LogP contribution in [0.25, 0.3) is 0 Å². The average Bonchev–Trinajstić information content (AvgIpc) is 2.85. The molecule has 1 aromatic heterocycles. The Hall–Kier alpha value is -2.28. The zero-order chi connectivity index (χ0) is 19.1. The van der Waals surface area contributed by atoms with Crippen molar-refractivity contribution in [2.24, 2.45) is 0 Å². The van der Waals surface area contributed by atoms with E-state index >= 15 is 0 Å². The van der Waals surface area contributed by atoms with Crippen molar-refractivity contribution in [2.45, 2.75) is 52.2 Å². The van der Waals surface area contributed by atoms with Crippen LogP contribution >= 0.6 is 11.8 Å². The molecule has 140 valence electrons. The van der Waals surface area contributed by atoms with Gasteiger partial charge in [-0.05, 0) is 38.5 Å². The Morgan fingerprint density at radius 3 is 2.54 bits per heavy atom. The summed E-state index contributed by atoms with van der Waals surface area (Å²) in [6, 6.07) is 7.10. The Labute approximate surface area is 158 Å². The van der Waals surface area contributed by atoms with Gasteiger partial charge >= 0.3 is 0 Å². The van der Waals surface area contributed by atoms with Crippen molar-refractivity contribution in [2.75, 3.05) is 16.4 Å². The van der Waals surface area contributed by atoms with Crippen LogP contribution in [0.1, 0.15) is 38.1 Å². The van der Waals surface area contributed by atoms with E-state index < -0.39 is 0 Å². The van der Waals surface area contributed by atoms with E-state index in [1.54, 1.807) is 24.3 Å². The molecule has 0 spiro atoms. The van der Waals surface area contributed by atoms with Gasteiger partial charge in [0.05, 0.1) is 11.4 Å². The number of imidazole rings is 1. The van der Waals surface area contributed by atoms with Gasteiger partial charge in [-0.1, -0.05) is 31.2 Å². The maximum absolute atomic E-state index is 12.3. The number of unbranched alkanes of at least 4 members (excludes halogenated alkanes) is 1. The molecule has 6 nitrogen and oxygen atoms in total. The molecule has 0 unspecified atom stereocenters. The van der Waals surface area contributed by atoms with Gasteiger partial charge in [0.2, 0.25) is 11.8 Å². The Morgan fingerprint density at radius 1 is 1.19 bits per heavy atom. The van der Waals surface area contributed by atoms with E-state index in [4.69, 9.17) is 0 Å². The second-order valence-corrected chi connectivity index (χ2v) is 7.11. The number of aromatic nitrogens is 2. The summed E-state index contributed by atoms with van der Waals surface area (Å²) >= 11 is 1.44. The summed E-state index contributed by atoms with van der Waals surface area (Å²) in [6.07, 6.45) is 2.21. The minimum atomic E-state index is -0.145. The number of nitrogens with one attached hydrogen (secondary N) is 2. The topological polar surface area (TPSA) is 76.0 Å². The van der Waals surface area contributed by atoms with E-state index in [0.29, 0.717) is 11.4 Å². The lowest BCUT2D eigenvalue weighted by atomic mass is 10.2. The highest BCUT2D eigenvalue weighted by Gasteiger charge is 2.13. The molecule has 0 aliphatic carbocycles. The van der Waals surface area contributed by atoms with E-state index in [9.17, 15) is 9.59 Å². The highest BCUT2D eigenvalue weighted by atomic mass is 32.2. The van der Waals surface area contributed by atoms with Crippen LogP contribution in [-0.4, -0.2) is 27.1 Å². The zero-order valence-corrected chi connectivity index (χ0v) is 16.6. The third-order valence-electron chi connectivity index (χ3n) is 3.96. The first kappa shape index (κ1) is 20.0. The molecule has 0 saturated heterocycles. The highest BCUT2D eigenvalue weighted by Crippen LogP contribution is 2.22.